The van der Waals surface area contributed by atoms with E-state index in [2.05, 4.69) is 37.8 Å². The number of fused-ring (bicyclic) bond motifs is 1. The van der Waals surface area contributed by atoms with Crippen molar-refractivity contribution >= 4 is 11.5 Å². The summed E-state index contributed by atoms with van der Waals surface area (Å²) in [5.74, 6) is 2.02. The Labute approximate surface area is 108 Å². The first-order valence-electron chi connectivity index (χ1n) is 6.70. The lowest BCUT2D eigenvalue weighted by Gasteiger charge is -2.34. The van der Waals surface area contributed by atoms with Gasteiger partial charge in [-0.15, -0.1) is 0 Å². The molecule has 0 bridgehead atoms. The molecule has 1 fully saturated rings. The van der Waals surface area contributed by atoms with Crippen LogP contribution < -0.4 is 10.2 Å². The summed E-state index contributed by atoms with van der Waals surface area (Å²) in [6.45, 7) is 3.39. The van der Waals surface area contributed by atoms with Crippen LogP contribution in [0, 0.1) is 5.92 Å². The number of rotatable bonds is 3. The lowest BCUT2D eigenvalue weighted by Crippen LogP contribution is -2.39. The summed E-state index contributed by atoms with van der Waals surface area (Å²) in [5, 5.41) is 3.30. The van der Waals surface area contributed by atoms with Crippen molar-refractivity contribution in [1.29, 1.82) is 0 Å². The number of hydrogen-bond donors (Lipinski definition) is 1. The molecule has 2 aromatic heterocycles. The van der Waals surface area contributed by atoms with Gasteiger partial charge in [0, 0.05) is 25.5 Å². The molecule has 1 aliphatic heterocycles. The fourth-order valence-electron chi connectivity index (χ4n) is 2.92. The van der Waals surface area contributed by atoms with Gasteiger partial charge in [0.05, 0.1) is 0 Å². The molecule has 1 N–H and O–H groups in total. The van der Waals surface area contributed by atoms with Gasteiger partial charge in [0.2, 0.25) is 0 Å². The van der Waals surface area contributed by atoms with Gasteiger partial charge in [-0.1, -0.05) is 6.07 Å². The predicted molar refractivity (Wildman–Crippen MR) is 74.1 cm³/mol. The molecule has 0 aromatic carbocycles. The minimum Gasteiger partial charge on any atom is -0.357 e. The topological polar surface area (TPSA) is 32.6 Å². The number of pyridine rings is 1. The number of anilines is 1. The third kappa shape index (κ3) is 2.08. The molecule has 4 heteroatoms. The highest BCUT2D eigenvalue weighted by Gasteiger charge is 2.20. The highest BCUT2D eigenvalue weighted by molar-refractivity contribution is 5.51. The third-order valence-corrected chi connectivity index (χ3v) is 3.74. The zero-order chi connectivity index (χ0) is 12.4. The summed E-state index contributed by atoms with van der Waals surface area (Å²) in [6.07, 6.45) is 6.52. The second-order valence-electron chi connectivity index (χ2n) is 5.05. The van der Waals surface area contributed by atoms with Gasteiger partial charge in [0.15, 0.2) is 0 Å². The Balaban J connectivity index is 1.87. The lowest BCUT2D eigenvalue weighted by molar-refractivity contribution is 0.400. The Morgan fingerprint density at radius 1 is 1.44 bits per heavy atom. The number of nitrogens with zero attached hydrogens (tertiary/aromatic N) is 3. The van der Waals surface area contributed by atoms with Gasteiger partial charge in [0.1, 0.15) is 11.5 Å². The summed E-state index contributed by atoms with van der Waals surface area (Å²) < 4.78 is 2.18. The average molecular weight is 244 g/mol. The van der Waals surface area contributed by atoms with Crippen LogP contribution in [0.5, 0.6) is 0 Å². The lowest BCUT2D eigenvalue weighted by atomic mass is 9.98. The van der Waals surface area contributed by atoms with E-state index >= 15 is 0 Å². The van der Waals surface area contributed by atoms with Crippen LogP contribution >= 0.6 is 0 Å². The van der Waals surface area contributed by atoms with Crippen molar-refractivity contribution in [2.45, 2.75) is 12.8 Å². The van der Waals surface area contributed by atoms with Crippen LogP contribution in [0.4, 0.5) is 5.82 Å². The molecular formula is C14H20N4. The van der Waals surface area contributed by atoms with Crippen molar-refractivity contribution in [3.05, 3.63) is 30.6 Å². The number of piperidine rings is 1. The molecule has 0 spiro atoms. The van der Waals surface area contributed by atoms with Crippen LogP contribution in [0.3, 0.4) is 0 Å². The Bertz CT molecular complexity index is 517. The van der Waals surface area contributed by atoms with Gasteiger partial charge in [-0.05, 0) is 44.5 Å². The molecular weight excluding hydrogens is 224 g/mol. The molecule has 1 atom stereocenters. The molecule has 1 saturated heterocycles. The Kier molecular flexibility index (Phi) is 3.19. The maximum absolute atomic E-state index is 4.35. The molecule has 0 aliphatic carbocycles. The fourth-order valence-corrected chi connectivity index (χ4v) is 2.92. The van der Waals surface area contributed by atoms with E-state index in [1.165, 1.54) is 18.7 Å². The second kappa shape index (κ2) is 4.98. The normalized spacial score (nSPS) is 20.5. The first kappa shape index (κ1) is 11.5. The highest BCUT2D eigenvalue weighted by Crippen LogP contribution is 2.23. The summed E-state index contributed by atoms with van der Waals surface area (Å²) >= 11 is 0. The molecule has 4 nitrogen and oxygen atoms in total. The molecule has 1 aliphatic rings. The Morgan fingerprint density at radius 3 is 3.28 bits per heavy atom. The van der Waals surface area contributed by atoms with E-state index in [4.69, 9.17) is 0 Å². The number of hydrogen-bond acceptors (Lipinski definition) is 3. The SMILES string of the molecule is CNCC1CCCN(c2cccc3nccn23)C1. The van der Waals surface area contributed by atoms with Crippen LogP contribution in [0.1, 0.15) is 12.8 Å². The number of aromatic nitrogens is 2. The summed E-state index contributed by atoms with van der Waals surface area (Å²) in [5.41, 5.74) is 1.03. The standard InChI is InChI=1S/C14H20N4/c1-15-10-12-4-3-8-17(11-12)14-6-2-5-13-16-7-9-18(13)14/h2,5-7,9,12,15H,3-4,8,10-11H2,1H3. The summed E-state index contributed by atoms with van der Waals surface area (Å²) in [7, 11) is 2.04. The largest absolute Gasteiger partial charge is 0.357 e. The first-order chi connectivity index (χ1) is 8.88. The highest BCUT2D eigenvalue weighted by atomic mass is 15.2. The predicted octanol–water partition coefficient (Wildman–Crippen LogP) is 1.77. The summed E-state index contributed by atoms with van der Waals surface area (Å²) in [4.78, 5) is 6.84. The van der Waals surface area contributed by atoms with E-state index in [0.29, 0.717) is 0 Å². The third-order valence-electron chi connectivity index (χ3n) is 3.74. The van der Waals surface area contributed by atoms with Gasteiger partial charge >= 0.3 is 0 Å². The van der Waals surface area contributed by atoms with Gasteiger partial charge < -0.3 is 10.2 Å². The van der Waals surface area contributed by atoms with E-state index < -0.39 is 0 Å². The molecule has 18 heavy (non-hydrogen) atoms. The molecule has 3 rings (SSSR count). The van der Waals surface area contributed by atoms with Crippen LogP contribution in [0.2, 0.25) is 0 Å². The van der Waals surface area contributed by atoms with Crippen molar-refractivity contribution in [3.8, 4) is 0 Å². The van der Waals surface area contributed by atoms with E-state index in [1.807, 2.05) is 19.4 Å². The van der Waals surface area contributed by atoms with Crippen molar-refractivity contribution in [1.82, 2.24) is 14.7 Å². The Morgan fingerprint density at radius 2 is 2.39 bits per heavy atom. The fraction of sp³-hybridized carbons (Fsp3) is 0.500. The van der Waals surface area contributed by atoms with E-state index in [0.717, 1.165) is 31.2 Å². The van der Waals surface area contributed by atoms with Crippen molar-refractivity contribution in [2.24, 2.45) is 5.92 Å². The van der Waals surface area contributed by atoms with Crippen molar-refractivity contribution in [2.75, 3.05) is 31.6 Å². The molecule has 1 unspecified atom stereocenters. The van der Waals surface area contributed by atoms with Crippen molar-refractivity contribution in [3.63, 3.8) is 0 Å². The van der Waals surface area contributed by atoms with Gasteiger partial charge in [-0.3, -0.25) is 4.40 Å². The van der Waals surface area contributed by atoms with Crippen LogP contribution in [-0.4, -0.2) is 36.1 Å². The molecule has 0 amide bonds. The van der Waals surface area contributed by atoms with Crippen LogP contribution in [0.15, 0.2) is 30.6 Å². The smallest absolute Gasteiger partial charge is 0.138 e. The molecule has 96 valence electrons. The molecule has 0 saturated carbocycles. The molecule has 2 aromatic rings. The minimum absolute atomic E-state index is 0.752. The zero-order valence-corrected chi connectivity index (χ0v) is 10.8. The van der Waals surface area contributed by atoms with E-state index in [-0.39, 0.29) is 0 Å². The number of imidazole rings is 1. The molecule has 3 heterocycles. The van der Waals surface area contributed by atoms with Gasteiger partial charge in [0.25, 0.3) is 0 Å². The molecule has 0 radical (unpaired) electrons. The first-order valence-corrected chi connectivity index (χ1v) is 6.70. The van der Waals surface area contributed by atoms with Crippen LogP contribution in [-0.2, 0) is 0 Å². The van der Waals surface area contributed by atoms with E-state index in [1.54, 1.807) is 0 Å². The second-order valence-corrected chi connectivity index (χ2v) is 5.05. The average Bonchev–Trinajstić information content (AvgIpc) is 2.87. The minimum atomic E-state index is 0.752. The quantitative estimate of drug-likeness (QED) is 0.893. The number of nitrogens with one attached hydrogen (secondary N) is 1. The maximum Gasteiger partial charge on any atom is 0.138 e. The monoisotopic (exact) mass is 244 g/mol. The van der Waals surface area contributed by atoms with Gasteiger partial charge in [-0.2, -0.15) is 0 Å². The van der Waals surface area contributed by atoms with E-state index in [9.17, 15) is 0 Å². The zero-order valence-electron chi connectivity index (χ0n) is 10.8. The maximum atomic E-state index is 4.35. The van der Waals surface area contributed by atoms with Crippen LogP contribution in [0.25, 0.3) is 5.65 Å². The summed E-state index contributed by atoms with van der Waals surface area (Å²) in [6, 6.07) is 6.34. The Hall–Kier alpha value is -1.55. The van der Waals surface area contributed by atoms with Crippen molar-refractivity contribution < 1.29 is 0 Å². The van der Waals surface area contributed by atoms with Gasteiger partial charge in [-0.25, -0.2) is 4.98 Å².